The Morgan fingerprint density at radius 1 is 0.500 bits per heavy atom. The molecule has 0 unspecified atom stereocenters. The third-order valence-corrected chi connectivity index (χ3v) is 8.30. The number of carbonyl (C=O) groups is 2. The van der Waals surface area contributed by atoms with Crippen LogP contribution in [0, 0.1) is 0 Å². The van der Waals surface area contributed by atoms with E-state index >= 15 is 0 Å². The summed E-state index contributed by atoms with van der Waals surface area (Å²) < 4.78 is 12.2. The summed E-state index contributed by atoms with van der Waals surface area (Å²) >= 11 is 0. The Hall–Kier alpha value is -2.88. The van der Waals surface area contributed by atoms with Gasteiger partial charge >= 0.3 is 11.9 Å². The van der Waals surface area contributed by atoms with E-state index in [1.54, 1.807) is 0 Å². The van der Waals surface area contributed by atoms with Crippen molar-refractivity contribution in [1.29, 1.82) is 0 Å². The van der Waals surface area contributed by atoms with E-state index in [1.165, 1.54) is 77.0 Å². The van der Waals surface area contributed by atoms with E-state index in [0.717, 1.165) is 59.2 Å². The molecule has 4 nitrogen and oxygen atoms in total. The minimum Gasteiger partial charge on any atom is -0.425 e. The van der Waals surface area contributed by atoms with Gasteiger partial charge < -0.3 is 9.47 Å². The third-order valence-electron chi connectivity index (χ3n) is 8.30. The van der Waals surface area contributed by atoms with Crippen molar-refractivity contribution in [2.24, 2.45) is 0 Å². The predicted molar refractivity (Wildman–Crippen MR) is 177 cm³/mol. The van der Waals surface area contributed by atoms with Gasteiger partial charge in [0.15, 0.2) is 0 Å². The zero-order valence-electron chi connectivity index (χ0n) is 26.6. The van der Waals surface area contributed by atoms with Gasteiger partial charge in [-0.25, -0.2) is 0 Å². The summed E-state index contributed by atoms with van der Waals surface area (Å²) in [6, 6.07) is 14.0. The highest BCUT2D eigenvalue weighted by atomic mass is 16.5. The van der Waals surface area contributed by atoms with Crippen LogP contribution in [0.2, 0.25) is 0 Å². The van der Waals surface area contributed by atoms with E-state index in [4.69, 9.17) is 9.47 Å². The fourth-order valence-corrected chi connectivity index (χ4v) is 5.72. The number of unbranched alkanes of at least 4 members (excludes halogenated alkanes) is 14. The molecule has 0 atom stereocenters. The third kappa shape index (κ3) is 10.7. The lowest BCUT2D eigenvalue weighted by molar-refractivity contribution is -0.135. The van der Waals surface area contributed by atoms with E-state index in [2.05, 4.69) is 32.9 Å². The first-order chi connectivity index (χ1) is 20.6. The van der Waals surface area contributed by atoms with Crippen LogP contribution in [0.1, 0.15) is 142 Å². The molecule has 0 bridgehead atoms. The number of hydrogen-bond donors (Lipinski definition) is 0. The number of aryl methyl sites for hydroxylation is 1. The van der Waals surface area contributed by atoms with E-state index < -0.39 is 0 Å². The minimum absolute atomic E-state index is 0.200. The molecule has 0 amide bonds. The Morgan fingerprint density at radius 3 is 1.36 bits per heavy atom. The Kier molecular flexibility index (Phi) is 15.5. The number of esters is 2. The second-order valence-corrected chi connectivity index (χ2v) is 11.8. The van der Waals surface area contributed by atoms with Crippen LogP contribution in [0.3, 0.4) is 0 Å². The average molecular weight is 575 g/mol. The monoisotopic (exact) mass is 574 g/mol. The molecule has 230 valence electrons. The Labute approximate surface area is 254 Å². The SMILES string of the molecule is CCCCCCCCCCC(=O)Oc1c2ccccc2c(OC(=O)CCCCCCCCCC)c2cc(CC)ccc12. The molecule has 4 heteroatoms. The van der Waals surface area contributed by atoms with Crippen molar-refractivity contribution in [3.63, 3.8) is 0 Å². The van der Waals surface area contributed by atoms with E-state index in [1.807, 2.05) is 30.3 Å². The molecule has 0 saturated heterocycles. The van der Waals surface area contributed by atoms with Crippen LogP contribution in [0.5, 0.6) is 11.5 Å². The highest BCUT2D eigenvalue weighted by Crippen LogP contribution is 2.43. The lowest BCUT2D eigenvalue weighted by Gasteiger charge is -2.17. The number of fused-ring (bicyclic) bond motifs is 2. The lowest BCUT2D eigenvalue weighted by Crippen LogP contribution is -2.11. The zero-order valence-corrected chi connectivity index (χ0v) is 26.6. The quantitative estimate of drug-likeness (QED) is 0.0549. The Morgan fingerprint density at radius 2 is 0.905 bits per heavy atom. The van der Waals surface area contributed by atoms with Crippen LogP contribution in [0.25, 0.3) is 21.5 Å². The van der Waals surface area contributed by atoms with Crippen LogP contribution < -0.4 is 9.47 Å². The van der Waals surface area contributed by atoms with E-state index in [-0.39, 0.29) is 11.9 Å². The molecule has 0 fully saturated rings. The minimum atomic E-state index is -0.202. The second kappa shape index (κ2) is 19.3. The van der Waals surface area contributed by atoms with Gasteiger partial charge in [-0.15, -0.1) is 0 Å². The van der Waals surface area contributed by atoms with E-state index in [9.17, 15) is 9.59 Å². The van der Waals surface area contributed by atoms with Crippen LogP contribution in [0.4, 0.5) is 0 Å². The van der Waals surface area contributed by atoms with Crippen molar-refractivity contribution in [1.82, 2.24) is 0 Å². The summed E-state index contributed by atoms with van der Waals surface area (Å²) in [6.07, 6.45) is 20.6. The smallest absolute Gasteiger partial charge is 0.311 e. The number of hydrogen-bond acceptors (Lipinski definition) is 4. The van der Waals surface area contributed by atoms with Crippen molar-refractivity contribution in [2.75, 3.05) is 0 Å². The van der Waals surface area contributed by atoms with Crippen molar-refractivity contribution in [2.45, 2.75) is 143 Å². The molecule has 0 spiro atoms. The van der Waals surface area contributed by atoms with Crippen molar-refractivity contribution < 1.29 is 19.1 Å². The molecule has 0 aliphatic heterocycles. The highest BCUT2D eigenvalue weighted by molar-refractivity contribution is 6.12. The average Bonchev–Trinajstić information content (AvgIpc) is 3.01. The molecule has 0 aliphatic rings. The fraction of sp³-hybridized carbons (Fsp3) is 0.579. The maximum atomic E-state index is 13.0. The van der Waals surface area contributed by atoms with Crippen molar-refractivity contribution in [3.05, 3.63) is 48.0 Å². The first kappa shape index (κ1) is 33.6. The molecule has 0 N–H and O–H groups in total. The largest absolute Gasteiger partial charge is 0.425 e. The summed E-state index contributed by atoms with van der Waals surface area (Å²) in [6.45, 7) is 6.58. The molecule has 0 aliphatic carbocycles. The van der Waals surface area contributed by atoms with Gasteiger partial charge in [0, 0.05) is 34.4 Å². The standard InChI is InChI=1S/C38H54O4/c1-4-7-9-11-13-15-17-19-25-35(39)41-37-31-23-21-22-24-32(31)38(34-29-30(6-3)27-28-33(34)37)42-36(40)26-20-18-16-14-12-10-8-5-2/h21-24,27-29H,4-20,25-26H2,1-3H3. The first-order valence-corrected chi connectivity index (χ1v) is 17.0. The molecule has 42 heavy (non-hydrogen) atoms. The number of ether oxygens (including phenoxy) is 2. The number of benzene rings is 3. The Balaban J connectivity index is 1.70. The summed E-state index contributed by atoms with van der Waals surface area (Å²) in [4.78, 5) is 26.0. The number of carbonyl (C=O) groups excluding carboxylic acids is 2. The van der Waals surface area contributed by atoms with Crippen molar-refractivity contribution >= 4 is 33.5 Å². The van der Waals surface area contributed by atoms with Gasteiger partial charge in [-0.05, 0) is 30.9 Å². The van der Waals surface area contributed by atoms with Crippen LogP contribution in [-0.4, -0.2) is 11.9 Å². The van der Waals surface area contributed by atoms with Gasteiger partial charge in [-0.2, -0.15) is 0 Å². The summed E-state index contributed by atoms with van der Waals surface area (Å²) in [7, 11) is 0. The zero-order chi connectivity index (χ0) is 30.0. The maximum absolute atomic E-state index is 13.0. The predicted octanol–water partition coefficient (Wildman–Crippen LogP) is 11.4. The normalized spacial score (nSPS) is 11.3. The van der Waals surface area contributed by atoms with Crippen LogP contribution >= 0.6 is 0 Å². The van der Waals surface area contributed by atoms with E-state index in [0.29, 0.717) is 24.3 Å². The highest BCUT2D eigenvalue weighted by Gasteiger charge is 2.20. The maximum Gasteiger partial charge on any atom is 0.311 e. The van der Waals surface area contributed by atoms with Crippen LogP contribution in [-0.2, 0) is 16.0 Å². The van der Waals surface area contributed by atoms with Gasteiger partial charge in [-0.1, -0.05) is 147 Å². The summed E-state index contributed by atoms with van der Waals surface area (Å²) in [5.41, 5.74) is 1.15. The summed E-state index contributed by atoms with van der Waals surface area (Å²) in [5, 5.41) is 3.24. The molecule has 3 aromatic carbocycles. The van der Waals surface area contributed by atoms with Gasteiger partial charge in [0.25, 0.3) is 0 Å². The molecular weight excluding hydrogens is 520 g/mol. The molecular formula is C38H54O4. The van der Waals surface area contributed by atoms with Gasteiger partial charge in [0.2, 0.25) is 0 Å². The molecule has 3 aromatic rings. The topological polar surface area (TPSA) is 52.6 Å². The van der Waals surface area contributed by atoms with Gasteiger partial charge in [0.1, 0.15) is 11.5 Å². The van der Waals surface area contributed by atoms with Crippen LogP contribution in [0.15, 0.2) is 42.5 Å². The molecule has 0 saturated carbocycles. The molecule has 0 radical (unpaired) electrons. The molecule has 3 rings (SSSR count). The fourth-order valence-electron chi connectivity index (χ4n) is 5.72. The first-order valence-electron chi connectivity index (χ1n) is 17.0. The molecule has 0 heterocycles. The second-order valence-electron chi connectivity index (χ2n) is 11.8. The lowest BCUT2D eigenvalue weighted by atomic mass is 9.98. The van der Waals surface area contributed by atoms with Gasteiger partial charge in [-0.3, -0.25) is 9.59 Å². The Bertz CT molecular complexity index is 1240. The molecule has 0 aromatic heterocycles. The number of rotatable bonds is 21. The van der Waals surface area contributed by atoms with Crippen molar-refractivity contribution in [3.8, 4) is 11.5 Å². The summed E-state index contributed by atoms with van der Waals surface area (Å²) in [5.74, 6) is 0.735. The van der Waals surface area contributed by atoms with Gasteiger partial charge in [0.05, 0.1) is 0 Å².